The number of hydrogen-bond donors (Lipinski definition) is 3. The van der Waals surface area contributed by atoms with E-state index in [1.54, 1.807) is 0 Å². The second kappa shape index (κ2) is 8.37. The van der Waals surface area contributed by atoms with Gasteiger partial charge in [0, 0.05) is 24.2 Å². The Hall–Kier alpha value is -2.52. The second-order valence-electron chi connectivity index (χ2n) is 5.95. The second-order valence-corrected chi connectivity index (χ2v) is 5.95. The lowest BCUT2D eigenvalue weighted by atomic mass is 9.85. The summed E-state index contributed by atoms with van der Waals surface area (Å²) in [5.41, 5.74) is 1.74. The fourth-order valence-corrected chi connectivity index (χ4v) is 2.87. The van der Waals surface area contributed by atoms with Gasteiger partial charge in [0.1, 0.15) is 0 Å². The fraction of sp³-hybridized carbons (Fsp3) is 0.444. The molecule has 6 nitrogen and oxygen atoms in total. The Morgan fingerprint density at radius 1 is 1.42 bits per heavy atom. The number of amides is 2. The minimum absolute atomic E-state index is 0.0472. The van der Waals surface area contributed by atoms with Crippen LogP contribution in [0.15, 0.2) is 24.3 Å². The van der Waals surface area contributed by atoms with Crippen molar-refractivity contribution in [1.29, 1.82) is 0 Å². The molecule has 0 bridgehead atoms. The largest absolute Gasteiger partial charge is 0.480 e. The molecule has 0 unspecified atom stereocenters. The van der Waals surface area contributed by atoms with Crippen LogP contribution in [0, 0.1) is 12.3 Å². The van der Waals surface area contributed by atoms with Crippen molar-refractivity contribution in [3.63, 3.8) is 0 Å². The molecule has 24 heavy (non-hydrogen) atoms. The molecule has 0 spiro atoms. The maximum absolute atomic E-state index is 11.9. The zero-order chi connectivity index (χ0) is 17.5. The van der Waals surface area contributed by atoms with Gasteiger partial charge in [-0.1, -0.05) is 25.0 Å². The van der Waals surface area contributed by atoms with Crippen LogP contribution in [0.5, 0.6) is 0 Å². The molecule has 0 aromatic heterocycles. The summed E-state index contributed by atoms with van der Waals surface area (Å²) in [6, 6.07) is 7.58. The zero-order valence-corrected chi connectivity index (χ0v) is 13.8. The number of carboxylic acid groups (broad SMARTS) is 1. The van der Waals surface area contributed by atoms with E-state index in [0.29, 0.717) is 13.1 Å². The van der Waals surface area contributed by atoms with E-state index >= 15 is 0 Å². The van der Waals surface area contributed by atoms with Crippen molar-refractivity contribution < 1.29 is 14.7 Å². The number of terminal acetylenes is 1. The van der Waals surface area contributed by atoms with Gasteiger partial charge in [-0.15, -0.1) is 6.42 Å². The number of hydrogen-bond acceptors (Lipinski definition) is 3. The maximum atomic E-state index is 11.9. The van der Waals surface area contributed by atoms with Crippen LogP contribution in [0.3, 0.4) is 0 Å². The predicted octanol–water partition coefficient (Wildman–Crippen LogP) is 1.40. The lowest BCUT2D eigenvalue weighted by molar-refractivity contribution is -0.139. The Bertz CT molecular complexity index is 633. The van der Waals surface area contributed by atoms with E-state index < -0.39 is 5.97 Å². The molecular formula is C18H23N3O3. The minimum atomic E-state index is -0.819. The lowest BCUT2D eigenvalue weighted by Gasteiger charge is -2.42. The molecule has 1 aliphatic carbocycles. The van der Waals surface area contributed by atoms with Gasteiger partial charge in [-0.05, 0) is 37.1 Å². The third kappa shape index (κ3) is 5.00. The molecule has 128 valence electrons. The average molecular weight is 329 g/mol. The van der Waals surface area contributed by atoms with Crippen molar-refractivity contribution in [2.75, 3.05) is 13.1 Å². The third-order valence-electron chi connectivity index (χ3n) is 4.26. The van der Waals surface area contributed by atoms with E-state index in [1.165, 1.54) is 0 Å². The standard InChI is InChI=1S/C18H23N3O3/c1-3-13-6-5-7-14(8-13)11-19-18(24)20-15-9-16(10-15)21(4-2)12-17(22)23/h1,5-8,15-16H,4,9-12H2,2H3,(H,22,23)(H2,19,20,24). The highest BCUT2D eigenvalue weighted by atomic mass is 16.4. The molecule has 1 saturated carbocycles. The number of rotatable bonds is 7. The number of carbonyl (C=O) groups is 2. The normalized spacial score (nSPS) is 19.2. The highest BCUT2D eigenvalue weighted by Gasteiger charge is 2.34. The Labute approximate surface area is 142 Å². The summed E-state index contributed by atoms with van der Waals surface area (Å²) in [7, 11) is 0. The number of nitrogens with zero attached hydrogens (tertiary/aromatic N) is 1. The van der Waals surface area contributed by atoms with Crippen LogP contribution in [0.1, 0.15) is 30.9 Å². The number of benzene rings is 1. The molecule has 1 aliphatic rings. The summed E-state index contributed by atoms with van der Waals surface area (Å²) in [6.07, 6.45) is 6.91. The van der Waals surface area contributed by atoms with Gasteiger partial charge < -0.3 is 15.7 Å². The summed E-state index contributed by atoms with van der Waals surface area (Å²) in [6.45, 7) is 3.10. The molecule has 2 rings (SSSR count). The van der Waals surface area contributed by atoms with E-state index in [-0.39, 0.29) is 24.7 Å². The smallest absolute Gasteiger partial charge is 0.317 e. The summed E-state index contributed by atoms with van der Waals surface area (Å²) in [4.78, 5) is 24.7. The molecule has 0 atom stereocenters. The SMILES string of the molecule is C#Cc1cccc(CNC(=O)NC2CC(N(CC)CC(=O)O)C2)c1. The van der Waals surface area contributed by atoms with Gasteiger partial charge in [-0.25, -0.2) is 4.79 Å². The number of urea groups is 1. The first-order valence-electron chi connectivity index (χ1n) is 8.07. The summed E-state index contributed by atoms with van der Waals surface area (Å²) < 4.78 is 0. The van der Waals surface area contributed by atoms with E-state index in [4.69, 9.17) is 11.5 Å². The first-order valence-corrected chi connectivity index (χ1v) is 8.07. The van der Waals surface area contributed by atoms with Crippen LogP contribution < -0.4 is 10.6 Å². The molecule has 1 aromatic rings. The van der Waals surface area contributed by atoms with Crippen LogP contribution in [-0.2, 0) is 11.3 Å². The molecule has 1 aromatic carbocycles. The van der Waals surface area contributed by atoms with Gasteiger partial charge in [-0.3, -0.25) is 9.69 Å². The quantitative estimate of drug-likeness (QED) is 0.661. The van der Waals surface area contributed by atoms with Gasteiger partial charge in [0.05, 0.1) is 6.54 Å². The Morgan fingerprint density at radius 3 is 2.79 bits per heavy atom. The molecule has 0 aliphatic heterocycles. The van der Waals surface area contributed by atoms with E-state index in [0.717, 1.165) is 24.0 Å². The minimum Gasteiger partial charge on any atom is -0.480 e. The Kier molecular flexibility index (Phi) is 6.21. The Morgan fingerprint density at radius 2 is 2.17 bits per heavy atom. The van der Waals surface area contributed by atoms with Crippen LogP contribution in [-0.4, -0.2) is 47.2 Å². The molecule has 1 fully saturated rings. The number of carboxylic acids is 1. The van der Waals surface area contributed by atoms with E-state index in [1.807, 2.05) is 36.1 Å². The fourth-order valence-electron chi connectivity index (χ4n) is 2.87. The van der Waals surface area contributed by atoms with Gasteiger partial charge in [-0.2, -0.15) is 0 Å². The summed E-state index contributed by atoms with van der Waals surface area (Å²) in [5, 5.41) is 14.6. The van der Waals surface area contributed by atoms with Crippen molar-refractivity contribution in [3.05, 3.63) is 35.4 Å². The van der Waals surface area contributed by atoms with Crippen molar-refractivity contribution >= 4 is 12.0 Å². The maximum Gasteiger partial charge on any atom is 0.317 e. The molecule has 0 radical (unpaired) electrons. The lowest BCUT2D eigenvalue weighted by Crippen LogP contribution is -2.56. The molecular weight excluding hydrogens is 306 g/mol. The first-order chi connectivity index (χ1) is 11.5. The van der Waals surface area contributed by atoms with Crippen LogP contribution >= 0.6 is 0 Å². The highest BCUT2D eigenvalue weighted by molar-refractivity contribution is 5.74. The molecule has 6 heteroatoms. The molecule has 0 saturated heterocycles. The number of nitrogens with one attached hydrogen (secondary N) is 2. The highest BCUT2D eigenvalue weighted by Crippen LogP contribution is 2.25. The van der Waals surface area contributed by atoms with Crippen LogP contribution in [0.25, 0.3) is 0 Å². The summed E-state index contributed by atoms with van der Waals surface area (Å²) >= 11 is 0. The van der Waals surface area contributed by atoms with Crippen molar-refractivity contribution in [2.24, 2.45) is 0 Å². The first kappa shape index (κ1) is 17.8. The summed E-state index contributed by atoms with van der Waals surface area (Å²) in [5.74, 6) is 1.75. The van der Waals surface area contributed by atoms with Crippen LogP contribution in [0.4, 0.5) is 4.79 Å². The van der Waals surface area contributed by atoms with E-state index in [9.17, 15) is 9.59 Å². The number of likely N-dealkylation sites (N-methyl/N-ethyl adjacent to an activating group) is 1. The predicted molar refractivity (Wildman–Crippen MR) is 91.4 cm³/mol. The van der Waals surface area contributed by atoms with Crippen LogP contribution in [0.2, 0.25) is 0 Å². The zero-order valence-electron chi connectivity index (χ0n) is 13.8. The van der Waals surface area contributed by atoms with Gasteiger partial charge in [0.2, 0.25) is 0 Å². The third-order valence-corrected chi connectivity index (χ3v) is 4.26. The Balaban J connectivity index is 1.71. The monoisotopic (exact) mass is 329 g/mol. The van der Waals surface area contributed by atoms with Gasteiger partial charge >= 0.3 is 12.0 Å². The average Bonchev–Trinajstić information content (AvgIpc) is 2.54. The van der Waals surface area contributed by atoms with Crippen molar-refractivity contribution in [3.8, 4) is 12.3 Å². The van der Waals surface area contributed by atoms with Crippen molar-refractivity contribution in [2.45, 2.75) is 38.4 Å². The number of carbonyl (C=O) groups excluding carboxylic acids is 1. The molecule has 0 heterocycles. The van der Waals surface area contributed by atoms with Gasteiger partial charge in [0.25, 0.3) is 0 Å². The topological polar surface area (TPSA) is 81.7 Å². The van der Waals surface area contributed by atoms with Gasteiger partial charge in [0.15, 0.2) is 0 Å². The molecule has 2 amide bonds. The van der Waals surface area contributed by atoms with E-state index in [2.05, 4.69) is 16.6 Å². The van der Waals surface area contributed by atoms with Crippen molar-refractivity contribution in [1.82, 2.24) is 15.5 Å². The number of aliphatic carboxylic acids is 1. The molecule has 3 N–H and O–H groups in total.